The Morgan fingerprint density at radius 3 is 2.34 bits per heavy atom. The number of unbranched alkanes of at least 4 members (excludes halogenated alkanes) is 8. The summed E-state index contributed by atoms with van der Waals surface area (Å²) >= 11 is 3.74. The average Bonchev–Trinajstić information content (AvgIpc) is 3.83. The highest BCUT2D eigenvalue weighted by Gasteiger charge is 2.32. The van der Waals surface area contributed by atoms with Gasteiger partial charge in [-0.3, -0.25) is 0 Å². The number of aryl methyl sites for hydroxylation is 1. The van der Waals surface area contributed by atoms with Gasteiger partial charge in [-0.05, 0) is 104 Å². The Labute approximate surface area is 292 Å². The number of nitriles is 1. The second-order valence-electron chi connectivity index (χ2n) is 13.4. The first-order valence-electron chi connectivity index (χ1n) is 18.0. The Balaban J connectivity index is 1.42. The van der Waals surface area contributed by atoms with Crippen LogP contribution >= 0.6 is 22.7 Å². The molecule has 3 nitrogen and oxygen atoms in total. The van der Waals surface area contributed by atoms with Crippen LogP contribution in [0.1, 0.15) is 120 Å². The number of hydrogen-bond donors (Lipinski definition) is 2. The fourth-order valence-electron chi connectivity index (χ4n) is 6.91. The monoisotopic (exact) mass is 663 g/mol. The van der Waals surface area contributed by atoms with Gasteiger partial charge in [0, 0.05) is 48.5 Å². The standard InChI is InChI=1S/C42H53N3S2/c1-5-7-8-9-10-11-12-13-15-18-33-28-40(47-42(33)39-24-22-36(46-39)25-30(3)29-43)32-21-23-38(44-35-19-16-14-17-20-35)37(27-32)41-31(4)26-34(6-2)45-41/h14,16-17,19-25,27-28,31,34,41,44-45H,5-13,15,18,26H2,1-4H3/b30-25-. The molecule has 0 radical (unpaired) electrons. The Kier molecular flexibility index (Phi) is 13.3. The lowest BCUT2D eigenvalue weighted by atomic mass is 9.92. The summed E-state index contributed by atoms with van der Waals surface area (Å²) in [6.07, 6.45) is 17.6. The van der Waals surface area contributed by atoms with Crippen molar-refractivity contribution in [1.29, 1.82) is 5.26 Å². The number of anilines is 2. The van der Waals surface area contributed by atoms with E-state index in [-0.39, 0.29) is 0 Å². The van der Waals surface area contributed by atoms with E-state index in [0.29, 0.717) is 18.0 Å². The molecule has 1 aliphatic heterocycles. The highest BCUT2D eigenvalue weighted by Crippen LogP contribution is 2.45. The van der Waals surface area contributed by atoms with Crippen molar-refractivity contribution < 1.29 is 0 Å². The number of nitrogens with one attached hydrogen (secondary N) is 2. The molecular weight excluding hydrogens is 611 g/mol. The summed E-state index contributed by atoms with van der Waals surface area (Å²) in [7, 11) is 0. The van der Waals surface area contributed by atoms with E-state index in [1.807, 2.05) is 24.3 Å². The molecule has 2 N–H and O–H groups in total. The third-order valence-corrected chi connectivity index (χ3v) is 12.0. The first-order valence-corrected chi connectivity index (χ1v) is 19.7. The molecule has 0 spiro atoms. The lowest BCUT2D eigenvalue weighted by Gasteiger charge is -2.22. The van der Waals surface area contributed by atoms with Crippen LogP contribution in [-0.2, 0) is 6.42 Å². The number of para-hydroxylation sites is 1. The minimum Gasteiger partial charge on any atom is -0.355 e. The van der Waals surface area contributed by atoms with E-state index in [0.717, 1.165) is 29.0 Å². The Morgan fingerprint density at radius 2 is 1.64 bits per heavy atom. The molecule has 3 atom stereocenters. The van der Waals surface area contributed by atoms with Crippen LogP contribution in [0.3, 0.4) is 0 Å². The summed E-state index contributed by atoms with van der Waals surface area (Å²) in [5.74, 6) is 0.571. The van der Waals surface area contributed by atoms with E-state index >= 15 is 0 Å². The lowest BCUT2D eigenvalue weighted by molar-refractivity contribution is 0.500. The van der Waals surface area contributed by atoms with Gasteiger partial charge in [0.25, 0.3) is 0 Å². The summed E-state index contributed by atoms with van der Waals surface area (Å²) in [5, 5.41) is 17.0. The molecule has 2 aromatic heterocycles. The van der Waals surface area contributed by atoms with E-state index in [9.17, 15) is 5.26 Å². The van der Waals surface area contributed by atoms with Crippen LogP contribution in [0.15, 0.2) is 72.3 Å². The molecule has 4 aromatic rings. The number of benzene rings is 2. The molecule has 2 aromatic carbocycles. The molecular formula is C42H53N3S2. The molecule has 0 aliphatic carbocycles. The number of hydrogen-bond acceptors (Lipinski definition) is 5. The SMILES string of the molecule is CCCCCCCCCCCc1cc(-c2ccc(Nc3ccccc3)c(C3NC(CC)CC3C)c2)sc1-c1ccc(/C=C(/C)C#N)s1. The second-order valence-corrected chi connectivity index (χ2v) is 15.6. The van der Waals surface area contributed by atoms with Gasteiger partial charge in [-0.1, -0.05) is 96.4 Å². The van der Waals surface area contributed by atoms with Crippen LogP contribution in [0.25, 0.3) is 26.3 Å². The topological polar surface area (TPSA) is 47.8 Å². The minimum absolute atomic E-state index is 0.321. The highest BCUT2D eigenvalue weighted by molar-refractivity contribution is 7.24. The summed E-state index contributed by atoms with van der Waals surface area (Å²) in [6, 6.07) is 27.7. The van der Waals surface area contributed by atoms with Gasteiger partial charge in [0.15, 0.2) is 0 Å². The molecule has 5 rings (SSSR count). The van der Waals surface area contributed by atoms with Crippen molar-refractivity contribution in [1.82, 2.24) is 5.32 Å². The first kappa shape index (κ1) is 35.1. The summed E-state index contributed by atoms with van der Waals surface area (Å²) in [6.45, 7) is 8.86. The van der Waals surface area contributed by atoms with Crippen molar-refractivity contribution in [3.05, 3.63) is 88.3 Å². The fourth-order valence-corrected chi connectivity index (χ4v) is 9.27. The molecule has 0 amide bonds. The molecule has 1 saturated heterocycles. The average molecular weight is 664 g/mol. The first-order chi connectivity index (χ1) is 23.0. The predicted molar refractivity (Wildman–Crippen MR) is 207 cm³/mol. The predicted octanol–water partition coefficient (Wildman–Crippen LogP) is 13.3. The van der Waals surface area contributed by atoms with Crippen molar-refractivity contribution in [3.8, 4) is 26.3 Å². The van der Waals surface area contributed by atoms with Gasteiger partial charge < -0.3 is 10.6 Å². The van der Waals surface area contributed by atoms with Crippen LogP contribution < -0.4 is 10.6 Å². The molecule has 3 unspecified atom stereocenters. The van der Waals surface area contributed by atoms with E-state index < -0.39 is 0 Å². The molecule has 47 heavy (non-hydrogen) atoms. The summed E-state index contributed by atoms with van der Waals surface area (Å²) in [5.41, 5.74) is 7.19. The molecule has 0 bridgehead atoms. The van der Waals surface area contributed by atoms with Gasteiger partial charge in [0.1, 0.15) is 0 Å². The lowest BCUT2D eigenvalue weighted by Crippen LogP contribution is -2.24. The van der Waals surface area contributed by atoms with Crippen LogP contribution in [0, 0.1) is 17.2 Å². The Morgan fingerprint density at radius 1 is 0.894 bits per heavy atom. The van der Waals surface area contributed by atoms with E-state index in [1.54, 1.807) is 11.3 Å². The van der Waals surface area contributed by atoms with Gasteiger partial charge >= 0.3 is 0 Å². The second kappa shape index (κ2) is 17.8. The van der Waals surface area contributed by atoms with Crippen molar-refractivity contribution in [2.24, 2.45) is 5.92 Å². The van der Waals surface area contributed by atoms with Crippen LogP contribution in [0.5, 0.6) is 0 Å². The fraction of sp³-hybridized carbons (Fsp3) is 0.452. The van der Waals surface area contributed by atoms with Crippen molar-refractivity contribution >= 4 is 40.1 Å². The molecule has 1 aliphatic rings. The largest absolute Gasteiger partial charge is 0.355 e. The zero-order valence-electron chi connectivity index (χ0n) is 28.9. The smallest absolute Gasteiger partial charge is 0.0944 e. The minimum atomic E-state index is 0.321. The zero-order valence-corrected chi connectivity index (χ0v) is 30.5. The maximum Gasteiger partial charge on any atom is 0.0944 e. The number of nitrogens with zero attached hydrogens (tertiary/aromatic N) is 1. The van der Waals surface area contributed by atoms with Gasteiger partial charge in [-0.15, -0.1) is 22.7 Å². The molecule has 0 saturated carbocycles. The normalized spacial score (nSPS) is 18.0. The van der Waals surface area contributed by atoms with Gasteiger partial charge in [0.05, 0.1) is 6.07 Å². The zero-order chi connectivity index (χ0) is 33.0. The van der Waals surface area contributed by atoms with Crippen molar-refractivity contribution in [3.63, 3.8) is 0 Å². The number of allylic oxidation sites excluding steroid dienone is 1. The number of rotatable bonds is 17. The van der Waals surface area contributed by atoms with Crippen LogP contribution in [0.4, 0.5) is 11.4 Å². The van der Waals surface area contributed by atoms with Crippen molar-refractivity contribution in [2.45, 2.75) is 117 Å². The number of thiophene rings is 2. The maximum atomic E-state index is 9.33. The Bertz CT molecular complexity index is 1620. The van der Waals surface area contributed by atoms with E-state index in [2.05, 4.69) is 104 Å². The summed E-state index contributed by atoms with van der Waals surface area (Å²) in [4.78, 5) is 5.19. The quantitative estimate of drug-likeness (QED) is 0.0873. The highest BCUT2D eigenvalue weighted by atomic mass is 32.1. The van der Waals surface area contributed by atoms with Gasteiger partial charge in [-0.2, -0.15) is 5.26 Å². The maximum absolute atomic E-state index is 9.33. The molecule has 3 heterocycles. The van der Waals surface area contributed by atoms with Gasteiger partial charge in [0.2, 0.25) is 0 Å². The molecule has 1 fully saturated rings. The van der Waals surface area contributed by atoms with Crippen LogP contribution in [0.2, 0.25) is 0 Å². The van der Waals surface area contributed by atoms with Gasteiger partial charge in [-0.25, -0.2) is 0 Å². The van der Waals surface area contributed by atoms with E-state index in [1.165, 1.54) is 101 Å². The summed E-state index contributed by atoms with van der Waals surface area (Å²) < 4.78 is 0. The molecule has 5 heteroatoms. The van der Waals surface area contributed by atoms with Crippen LogP contribution in [-0.4, -0.2) is 6.04 Å². The van der Waals surface area contributed by atoms with Crippen molar-refractivity contribution in [2.75, 3.05) is 5.32 Å². The Hall–Kier alpha value is -3.17. The van der Waals surface area contributed by atoms with E-state index in [4.69, 9.17) is 0 Å². The third kappa shape index (κ3) is 9.69. The third-order valence-electron chi connectivity index (χ3n) is 9.60. The molecule has 248 valence electrons.